The van der Waals surface area contributed by atoms with Gasteiger partial charge in [0, 0.05) is 17.8 Å². The van der Waals surface area contributed by atoms with Gasteiger partial charge in [0.25, 0.3) is 23.4 Å². The number of carbonyl (C=O) groups excluding carboxylic acids is 4. The molecule has 0 radical (unpaired) electrons. The van der Waals surface area contributed by atoms with Crippen LogP contribution in [0.2, 0.25) is 0 Å². The number of benzene rings is 3. The Morgan fingerprint density at radius 3 is 2.40 bits per heavy atom. The second-order valence-electron chi connectivity index (χ2n) is 8.47. The number of nitro groups is 1. The lowest BCUT2D eigenvalue weighted by Gasteiger charge is -2.26. The summed E-state index contributed by atoms with van der Waals surface area (Å²) in [5, 5.41) is 15.7. The third-order valence-corrected chi connectivity index (χ3v) is 6.26. The Balaban J connectivity index is 1.55. The number of non-ortho nitro benzene ring substituents is 1. The number of carbonyl (C=O) groups is 4. The Morgan fingerprint density at radius 1 is 1.10 bits per heavy atom. The van der Waals surface area contributed by atoms with Crippen LogP contribution in [0.5, 0.6) is 11.5 Å². The van der Waals surface area contributed by atoms with Crippen molar-refractivity contribution in [3.63, 3.8) is 0 Å². The molecule has 1 aliphatic rings. The van der Waals surface area contributed by atoms with E-state index in [1.807, 2.05) is 19.1 Å². The standard InChI is InChI=1S/C27H21BrN4O8/c1-15-3-5-17(6-4-15)29-23(33)14-40-24-21(28)12-16(13-22(24)39-2)11-20-25(34)30-27(36)31(26(20)35)18-7-9-19(10-8-18)32(37)38/h3-13H,14H2,1-2H3,(H,29,33)(H,30,34,36)/b20-11+. The molecule has 1 fully saturated rings. The number of halogens is 1. The molecule has 13 heteroatoms. The molecule has 1 heterocycles. The van der Waals surface area contributed by atoms with Gasteiger partial charge in [-0.25, -0.2) is 9.69 Å². The summed E-state index contributed by atoms with van der Waals surface area (Å²) >= 11 is 3.36. The molecule has 3 aromatic carbocycles. The lowest BCUT2D eigenvalue weighted by Crippen LogP contribution is -2.54. The highest BCUT2D eigenvalue weighted by atomic mass is 79.9. The van der Waals surface area contributed by atoms with Crippen molar-refractivity contribution < 1.29 is 33.6 Å². The maximum absolute atomic E-state index is 13.2. The zero-order valence-electron chi connectivity index (χ0n) is 21.1. The Labute approximate surface area is 235 Å². The van der Waals surface area contributed by atoms with E-state index in [9.17, 15) is 29.3 Å². The van der Waals surface area contributed by atoms with Crippen LogP contribution in [0.1, 0.15) is 11.1 Å². The monoisotopic (exact) mass is 608 g/mol. The van der Waals surface area contributed by atoms with Gasteiger partial charge in [-0.3, -0.25) is 29.8 Å². The van der Waals surface area contributed by atoms with Gasteiger partial charge in [0.05, 0.1) is 22.2 Å². The van der Waals surface area contributed by atoms with Gasteiger partial charge < -0.3 is 14.8 Å². The van der Waals surface area contributed by atoms with E-state index in [4.69, 9.17) is 9.47 Å². The van der Waals surface area contributed by atoms with Gasteiger partial charge in [0.15, 0.2) is 18.1 Å². The molecule has 204 valence electrons. The van der Waals surface area contributed by atoms with Crippen LogP contribution in [0.15, 0.2) is 70.7 Å². The summed E-state index contributed by atoms with van der Waals surface area (Å²) < 4.78 is 11.4. The largest absolute Gasteiger partial charge is 0.493 e. The van der Waals surface area contributed by atoms with Crippen LogP contribution < -0.4 is 25.0 Å². The zero-order valence-corrected chi connectivity index (χ0v) is 22.7. The summed E-state index contributed by atoms with van der Waals surface area (Å²) in [6.45, 7) is 1.61. The van der Waals surface area contributed by atoms with Crippen molar-refractivity contribution in [3.05, 3.63) is 92.0 Å². The Bertz CT molecular complexity index is 1550. The van der Waals surface area contributed by atoms with Crippen LogP contribution in [-0.4, -0.2) is 42.4 Å². The van der Waals surface area contributed by atoms with Crippen LogP contribution in [0.4, 0.5) is 21.9 Å². The van der Waals surface area contributed by atoms with E-state index in [0.29, 0.717) is 20.6 Å². The van der Waals surface area contributed by atoms with Crippen molar-refractivity contribution in [3.8, 4) is 11.5 Å². The van der Waals surface area contributed by atoms with E-state index in [1.165, 1.54) is 37.5 Å². The molecular formula is C27H21BrN4O8. The first-order valence-electron chi connectivity index (χ1n) is 11.6. The molecule has 2 N–H and O–H groups in total. The van der Waals surface area contributed by atoms with Crippen LogP contribution in [0, 0.1) is 17.0 Å². The molecule has 12 nitrogen and oxygen atoms in total. The molecule has 0 bridgehead atoms. The molecule has 4 rings (SSSR count). The number of nitro benzene ring substituents is 1. The number of methoxy groups -OCH3 is 1. The summed E-state index contributed by atoms with van der Waals surface area (Å²) in [6.07, 6.45) is 1.25. The van der Waals surface area contributed by atoms with Crippen LogP contribution >= 0.6 is 15.9 Å². The Kier molecular flexibility index (Phi) is 8.24. The van der Waals surface area contributed by atoms with Gasteiger partial charge in [-0.05, 0) is 70.9 Å². The zero-order chi connectivity index (χ0) is 29.0. The molecule has 0 saturated carbocycles. The first-order valence-corrected chi connectivity index (χ1v) is 12.4. The van der Waals surface area contributed by atoms with E-state index >= 15 is 0 Å². The number of anilines is 2. The van der Waals surface area contributed by atoms with E-state index in [-0.39, 0.29) is 35.1 Å². The number of barbiturate groups is 1. The fourth-order valence-electron chi connectivity index (χ4n) is 3.72. The van der Waals surface area contributed by atoms with Gasteiger partial charge >= 0.3 is 6.03 Å². The lowest BCUT2D eigenvalue weighted by atomic mass is 10.1. The highest BCUT2D eigenvalue weighted by Crippen LogP contribution is 2.37. The predicted molar refractivity (Wildman–Crippen MR) is 148 cm³/mol. The number of rotatable bonds is 8. The highest BCUT2D eigenvalue weighted by Gasteiger charge is 2.37. The minimum absolute atomic E-state index is 0.0397. The van der Waals surface area contributed by atoms with Gasteiger partial charge in [-0.1, -0.05) is 17.7 Å². The van der Waals surface area contributed by atoms with E-state index in [0.717, 1.165) is 17.7 Å². The van der Waals surface area contributed by atoms with Crippen molar-refractivity contribution in [2.24, 2.45) is 0 Å². The molecule has 0 aliphatic carbocycles. The molecule has 0 spiro atoms. The lowest BCUT2D eigenvalue weighted by molar-refractivity contribution is -0.384. The summed E-state index contributed by atoms with van der Waals surface area (Å²) in [7, 11) is 1.38. The summed E-state index contributed by atoms with van der Waals surface area (Å²) in [5.41, 5.74) is 1.46. The Morgan fingerprint density at radius 2 is 1.77 bits per heavy atom. The maximum Gasteiger partial charge on any atom is 0.335 e. The number of urea groups is 1. The average molecular weight is 609 g/mol. The third kappa shape index (κ3) is 6.15. The minimum atomic E-state index is -0.993. The number of nitrogens with one attached hydrogen (secondary N) is 2. The van der Waals surface area contributed by atoms with Crippen molar-refractivity contribution in [2.45, 2.75) is 6.92 Å². The van der Waals surface area contributed by atoms with E-state index in [2.05, 4.69) is 26.6 Å². The van der Waals surface area contributed by atoms with E-state index in [1.54, 1.807) is 12.1 Å². The van der Waals surface area contributed by atoms with Crippen molar-refractivity contribution >= 4 is 62.8 Å². The van der Waals surface area contributed by atoms with Crippen LogP contribution in [-0.2, 0) is 14.4 Å². The van der Waals surface area contributed by atoms with Gasteiger partial charge in [-0.15, -0.1) is 0 Å². The number of nitrogens with zero attached hydrogens (tertiary/aromatic N) is 2. The predicted octanol–water partition coefficient (Wildman–Crippen LogP) is 4.36. The molecule has 0 unspecified atom stereocenters. The first kappa shape index (κ1) is 28.0. The molecule has 1 saturated heterocycles. The second kappa shape index (κ2) is 11.8. The molecule has 0 aromatic heterocycles. The quantitative estimate of drug-likeness (QED) is 0.165. The smallest absolute Gasteiger partial charge is 0.335 e. The minimum Gasteiger partial charge on any atom is -0.493 e. The number of imide groups is 2. The van der Waals surface area contributed by atoms with Crippen LogP contribution in [0.3, 0.4) is 0 Å². The maximum atomic E-state index is 13.2. The van der Waals surface area contributed by atoms with Crippen molar-refractivity contribution in [2.75, 3.05) is 23.9 Å². The van der Waals surface area contributed by atoms with Crippen LogP contribution in [0.25, 0.3) is 6.08 Å². The third-order valence-electron chi connectivity index (χ3n) is 5.67. The van der Waals surface area contributed by atoms with Gasteiger partial charge in [0.2, 0.25) is 0 Å². The summed E-state index contributed by atoms with van der Waals surface area (Å²) in [5.74, 6) is -1.83. The molecule has 40 heavy (non-hydrogen) atoms. The highest BCUT2D eigenvalue weighted by molar-refractivity contribution is 9.10. The van der Waals surface area contributed by atoms with E-state index < -0.39 is 28.7 Å². The normalized spacial score (nSPS) is 14.1. The van der Waals surface area contributed by atoms with Crippen molar-refractivity contribution in [1.82, 2.24) is 5.32 Å². The molecule has 3 aromatic rings. The second-order valence-corrected chi connectivity index (χ2v) is 9.32. The number of aryl methyl sites for hydroxylation is 1. The number of ether oxygens (including phenoxy) is 2. The molecular weight excluding hydrogens is 588 g/mol. The Hall–Kier alpha value is -5.04. The number of hydrogen-bond donors (Lipinski definition) is 2. The summed E-state index contributed by atoms with van der Waals surface area (Å²) in [4.78, 5) is 61.5. The van der Waals surface area contributed by atoms with Crippen molar-refractivity contribution in [1.29, 1.82) is 0 Å². The average Bonchev–Trinajstić information content (AvgIpc) is 2.91. The molecule has 1 aliphatic heterocycles. The van der Waals surface area contributed by atoms with Gasteiger partial charge in [0.1, 0.15) is 5.57 Å². The number of hydrogen-bond acceptors (Lipinski definition) is 8. The SMILES string of the molecule is COc1cc(/C=C2\C(=O)NC(=O)N(c3ccc([N+](=O)[O-])cc3)C2=O)cc(Br)c1OCC(=O)Nc1ccc(C)cc1. The number of amides is 5. The first-order chi connectivity index (χ1) is 19.1. The molecule has 5 amide bonds. The molecule has 0 atom stereocenters. The summed E-state index contributed by atoms with van der Waals surface area (Å²) in [6, 6.07) is 14.0. The fourth-order valence-corrected chi connectivity index (χ4v) is 4.29. The topological polar surface area (TPSA) is 157 Å². The van der Waals surface area contributed by atoms with Gasteiger partial charge in [-0.2, -0.15) is 0 Å². The fraction of sp³-hybridized carbons (Fsp3) is 0.111.